The van der Waals surface area contributed by atoms with Crippen molar-refractivity contribution in [1.82, 2.24) is 14.9 Å². The quantitative estimate of drug-likeness (QED) is 0.851. The number of ether oxygens (including phenoxy) is 1. The van der Waals surface area contributed by atoms with Crippen molar-refractivity contribution >= 4 is 17.7 Å². The number of rotatable bonds is 5. The zero-order valence-corrected chi connectivity index (χ0v) is 13.2. The second-order valence-corrected chi connectivity index (χ2v) is 6.65. The first kappa shape index (κ1) is 14.7. The van der Waals surface area contributed by atoms with Crippen LogP contribution < -0.4 is 10.6 Å². The van der Waals surface area contributed by atoms with Gasteiger partial charge < -0.3 is 20.3 Å². The van der Waals surface area contributed by atoms with Crippen molar-refractivity contribution in [2.45, 2.75) is 50.2 Å². The van der Waals surface area contributed by atoms with Gasteiger partial charge in [0.05, 0.1) is 18.7 Å². The zero-order valence-electron chi connectivity index (χ0n) is 13.2. The number of hydrogen-bond acceptors (Lipinski definition) is 6. The Balaban J connectivity index is 1.35. The Kier molecular flexibility index (Phi) is 4.03. The van der Waals surface area contributed by atoms with Crippen LogP contribution in [-0.4, -0.2) is 58.7 Å². The molecule has 0 radical (unpaired) electrons. The number of aromatic nitrogens is 2. The minimum atomic E-state index is 0.108. The largest absolute Gasteiger partial charge is 0.379 e. The molecule has 2 atom stereocenters. The summed E-state index contributed by atoms with van der Waals surface area (Å²) in [5.74, 6) is 1.64. The SMILES string of the molecule is O=C1CC(Nc2nccc(NC3CCCOC3)n2)CN1C1CC1. The van der Waals surface area contributed by atoms with E-state index in [1.54, 1.807) is 6.20 Å². The highest BCUT2D eigenvalue weighted by molar-refractivity contribution is 5.80. The molecule has 23 heavy (non-hydrogen) atoms. The van der Waals surface area contributed by atoms with Gasteiger partial charge in [0, 0.05) is 31.8 Å². The molecule has 0 bridgehead atoms. The maximum atomic E-state index is 12.0. The Morgan fingerprint density at radius 3 is 2.91 bits per heavy atom. The first-order valence-corrected chi connectivity index (χ1v) is 8.51. The van der Waals surface area contributed by atoms with E-state index < -0.39 is 0 Å². The Morgan fingerprint density at radius 2 is 2.13 bits per heavy atom. The third-order valence-electron chi connectivity index (χ3n) is 4.65. The van der Waals surface area contributed by atoms with Crippen LogP contribution in [0.25, 0.3) is 0 Å². The zero-order chi connectivity index (χ0) is 15.6. The Bertz CT molecular complexity index is 571. The van der Waals surface area contributed by atoms with Crippen molar-refractivity contribution in [3.63, 3.8) is 0 Å². The van der Waals surface area contributed by atoms with Crippen molar-refractivity contribution in [3.8, 4) is 0 Å². The van der Waals surface area contributed by atoms with Gasteiger partial charge >= 0.3 is 0 Å². The number of nitrogens with one attached hydrogen (secondary N) is 2. The molecule has 2 saturated heterocycles. The topological polar surface area (TPSA) is 79.4 Å². The van der Waals surface area contributed by atoms with Gasteiger partial charge in [0.25, 0.3) is 0 Å². The highest BCUT2D eigenvalue weighted by Crippen LogP contribution is 2.31. The molecule has 7 heteroatoms. The Hall–Kier alpha value is -1.89. The molecule has 1 aromatic heterocycles. The fourth-order valence-electron chi connectivity index (χ4n) is 3.32. The fourth-order valence-corrected chi connectivity index (χ4v) is 3.32. The molecule has 2 aliphatic heterocycles. The summed E-state index contributed by atoms with van der Waals surface area (Å²) in [6.45, 7) is 2.34. The molecule has 3 aliphatic rings. The van der Waals surface area contributed by atoms with Gasteiger partial charge in [0.15, 0.2) is 0 Å². The van der Waals surface area contributed by atoms with Gasteiger partial charge in [-0.25, -0.2) is 4.98 Å². The van der Waals surface area contributed by atoms with E-state index in [-0.39, 0.29) is 11.9 Å². The van der Waals surface area contributed by atoms with Crippen LogP contribution in [0.3, 0.4) is 0 Å². The summed E-state index contributed by atoms with van der Waals surface area (Å²) in [4.78, 5) is 22.8. The van der Waals surface area contributed by atoms with Crippen LogP contribution in [-0.2, 0) is 9.53 Å². The summed E-state index contributed by atoms with van der Waals surface area (Å²) < 4.78 is 5.48. The molecule has 2 N–H and O–H groups in total. The molecule has 1 saturated carbocycles. The summed E-state index contributed by atoms with van der Waals surface area (Å²) in [5.41, 5.74) is 0. The smallest absolute Gasteiger partial charge is 0.225 e. The third-order valence-corrected chi connectivity index (χ3v) is 4.65. The summed E-state index contributed by atoms with van der Waals surface area (Å²) in [5, 5.41) is 6.70. The average molecular weight is 317 g/mol. The standard InChI is InChI=1S/C16H23N5O2/c22-15-8-12(9-21(15)13-3-4-13)19-16-17-6-5-14(20-16)18-11-2-1-7-23-10-11/h5-6,11-13H,1-4,7-10H2,(H2,17,18,19,20). The number of anilines is 2. The van der Waals surface area contributed by atoms with E-state index >= 15 is 0 Å². The number of carbonyl (C=O) groups excluding carboxylic acids is 1. The lowest BCUT2D eigenvalue weighted by Crippen LogP contribution is -2.31. The van der Waals surface area contributed by atoms with Crippen molar-refractivity contribution in [1.29, 1.82) is 0 Å². The van der Waals surface area contributed by atoms with Gasteiger partial charge in [-0.05, 0) is 31.7 Å². The van der Waals surface area contributed by atoms with Crippen molar-refractivity contribution in [2.24, 2.45) is 0 Å². The normalized spacial score (nSPS) is 28.0. The molecule has 1 aliphatic carbocycles. The number of amides is 1. The summed E-state index contributed by atoms with van der Waals surface area (Å²) >= 11 is 0. The predicted molar refractivity (Wildman–Crippen MR) is 86.3 cm³/mol. The van der Waals surface area contributed by atoms with E-state index in [0.717, 1.165) is 51.3 Å². The number of hydrogen-bond donors (Lipinski definition) is 2. The van der Waals surface area contributed by atoms with Gasteiger partial charge in [-0.2, -0.15) is 4.98 Å². The van der Waals surface area contributed by atoms with Gasteiger partial charge in [0.1, 0.15) is 5.82 Å². The summed E-state index contributed by atoms with van der Waals surface area (Å²) in [7, 11) is 0. The number of nitrogens with zero attached hydrogens (tertiary/aromatic N) is 3. The van der Waals surface area contributed by atoms with Gasteiger partial charge in [0.2, 0.25) is 11.9 Å². The minimum absolute atomic E-state index is 0.108. The van der Waals surface area contributed by atoms with E-state index in [4.69, 9.17) is 4.74 Å². The van der Waals surface area contributed by atoms with Crippen LogP contribution in [0.2, 0.25) is 0 Å². The van der Waals surface area contributed by atoms with Gasteiger partial charge in [-0.1, -0.05) is 0 Å². The predicted octanol–water partition coefficient (Wildman–Crippen LogP) is 1.24. The summed E-state index contributed by atoms with van der Waals surface area (Å²) in [6, 6.07) is 2.77. The summed E-state index contributed by atoms with van der Waals surface area (Å²) in [6.07, 6.45) is 6.76. The molecule has 4 rings (SSSR count). The molecule has 1 amide bonds. The van der Waals surface area contributed by atoms with Gasteiger partial charge in [-0.3, -0.25) is 4.79 Å². The lowest BCUT2D eigenvalue weighted by atomic mass is 10.1. The van der Waals surface area contributed by atoms with E-state index in [0.29, 0.717) is 24.5 Å². The minimum Gasteiger partial charge on any atom is -0.379 e. The lowest BCUT2D eigenvalue weighted by Gasteiger charge is -2.23. The van der Waals surface area contributed by atoms with Crippen LogP contribution >= 0.6 is 0 Å². The number of carbonyl (C=O) groups is 1. The van der Waals surface area contributed by atoms with Gasteiger partial charge in [-0.15, -0.1) is 0 Å². The van der Waals surface area contributed by atoms with Crippen LogP contribution in [0.4, 0.5) is 11.8 Å². The highest BCUT2D eigenvalue weighted by atomic mass is 16.5. The second-order valence-electron chi connectivity index (χ2n) is 6.65. The Morgan fingerprint density at radius 1 is 1.22 bits per heavy atom. The third kappa shape index (κ3) is 3.55. The first-order valence-electron chi connectivity index (χ1n) is 8.51. The van der Waals surface area contributed by atoms with Crippen molar-refractivity contribution in [2.75, 3.05) is 30.4 Å². The molecule has 3 fully saturated rings. The van der Waals surface area contributed by atoms with E-state index in [1.165, 1.54) is 0 Å². The van der Waals surface area contributed by atoms with E-state index in [9.17, 15) is 4.79 Å². The highest BCUT2D eigenvalue weighted by Gasteiger charge is 2.39. The maximum Gasteiger partial charge on any atom is 0.225 e. The van der Waals surface area contributed by atoms with Crippen LogP contribution in [0, 0.1) is 0 Å². The molecule has 124 valence electrons. The number of likely N-dealkylation sites (tertiary alicyclic amines) is 1. The monoisotopic (exact) mass is 317 g/mol. The van der Waals surface area contributed by atoms with E-state index in [2.05, 4.69) is 20.6 Å². The van der Waals surface area contributed by atoms with Crippen LogP contribution in [0.5, 0.6) is 0 Å². The average Bonchev–Trinajstić information content (AvgIpc) is 3.33. The van der Waals surface area contributed by atoms with Crippen LogP contribution in [0.1, 0.15) is 32.1 Å². The molecule has 0 spiro atoms. The lowest BCUT2D eigenvalue weighted by molar-refractivity contribution is -0.128. The second kappa shape index (κ2) is 6.31. The molecule has 7 nitrogen and oxygen atoms in total. The van der Waals surface area contributed by atoms with Crippen molar-refractivity contribution in [3.05, 3.63) is 12.3 Å². The van der Waals surface area contributed by atoms with Crippen molar-refractivity contribution < 1.29 is 9.53 Å². The fraction of sp³-hybridized carbons (Fsp3) is 0.688. The first-order chi connectivity index (χ1) is 11.3. The molecular weight excluding hydrogens is 294 g/mol. The maximum absolute atomic E-state index is 12.0. The van der Waals surface area contributed by atoms with Crippen LogP contribution in [0.15, 0.2) is 12.3 Å². The molecule has 3 heterocycles. The molecular formula is C16H23N5O2. The van der Waals surface area contributed by atoms with E-state index in [1.807, 2.05) is 11.0 Å². The Labute approximate surface area is 135 Å². The molecule has 2 unspecified atom stereocenters. The molecule has 0 aromatic carbocycles. The molecule has 1 aromatic rings.